The van der Waals surface area contributed by atoms with Crippen molar-refractivity contribution in [3.8, 4) is 0 Å². The molecular weight excluding hydrogens is 284 g/mol. The molecule has 1 aliphatic heterocycles. The number of nitrogen functional groups attached to an aromatic ring is 1. The van der Waals surface area contributed by atoms with E-state index in [0.717, 1.165) is 25.3 Å². The highest BCUT2D eigenvalue weighted by molar-refractivity contribution is 7.99. The molecule has 1 fully saturated rings. The zero-order chi connectivity index (χ0) is 15.2. The van der Waals surface area contributed by atoms with E-state index in [0.29, 0.717) is 17.8 Å². The monoisotopic (exact) mass is 308 g/mol. The van der Waals surface area contributed by atoms with E-state index >= 15 is 0 Å². The fourth-order valence-corrected chi connectivity index (χ4v) is 3.35. The molecule has 3 N–H and O–H groups in total. The van der Waals surface area contributed by atoms with E-state index in [1.54, 1.807) is 6.07 Å². The first-order chi connectivity index (χ1) is 10.1. The van der Waals surface area contributed by atoms with Crippen LogP contribution in [0, 0.1) is 0 Å². The van der Waals surface area contributed by atoms with Gasteiger partial charge in [-0.1, -0.05) is 0 Å². The second kappa shape index (κ2) is 7.56. The molecule has 0 atom stereocenters. The van der Waals surface area contributed by atoms with Gasteiger partial charge in [0.15, 0.2) is 0 Å². The molecule has 5 nitrogen and oxygen atoms in total. The van der Waals surface area contributed by atoms with Crippen molar-refractivity contribution in [3.05, 3.63) is 23.8 Å². The number of hydrogen-bond acceptors (Lipinski definition) is 5. The molecule has 1 aromatic carbocycles. The minimum absolute atomic E-state index is 0.0580. The van der Waals surface area contributed by atoms with Gasteiger partial charge in [-0.15, -0.1) is 0 Å². The van der Waals surface area contributed by atoms with Crippen molar-refractivity contribution >= 4 is 29.0 Å². The van der Waals surface area contributed by atoms with Gasteiger partial charge in [-0.3, -0.25) is 9.69 Å². The van der Waals surface area contributed by atoms with Crippen LogP contribution in [0.4, 0.5) is 11.4 Å². The maximum absolute atomic E-state index is 12.3. The Balaban J connectivity index is 1.92. The van der Waals surface area contributed by atoms with Crippen molar-refractivity contribution in [2.24, 2.45) is 0 Å². The summed E-state index contributed by atoms with van der Waals surface area (Å²) < 4.78 is 0. The number of nitrogens with two attached hydrogens (primary N) is 1. The molecule has 1 heterocycles. The van der Waals surface area contributed by atoms with Crippen LogP contribution in [0.15, 0.2) is 18.2 Å². The number of carbonyl (C=O) groups is 1. The molecule has 0 bridgehead atoms. The quantitative estimate of drug-likeness (QED) is 0.798. The Morgan fingerprint density at radius 1 is 1.38 bits per heavy atom. The van der Waals surface area contributed by atoms with Gasteiger partial charge in [0.1, 0.15) is 0 Å². The number of nitrogens with one attached hydrogen (secondary N) is 1. The SMILES string of the molecule is CN(C)c1ccc(N)cc1C(=O)NCCN1CCSCC1. The van der Waals surface area contributed by atoms with Gasteiger partial charge in [0.05, 0.1) is 5.56 Å². The van der Waals surface area contributed by atoms with Gasteiger partial charge in [0.2, 0.25) is 0 Å². The first-order valence-corrected chi connectivity index (χ1v) is 8.38. The molecule has 116 valence electrons. The summed E-state index contributed by atoms with van der Waals surface area (Å²) in [5.74, 6) is 2.32. The summed E-state index contributed by atoms with van der Waals surface area (Å²) in [6.07, 6.45) is 0. The van der Waals surface area contributed by atoms with Crippen molar-refractivity contribution < 1.29 is 4.79 Å². The number of carbonyl (C=O) groups excluding carboxylic acids is 1. The van der Waals surface area contributed by atoms with E-state index in [-0.39, 0.29) is 5.91 Å². The number of nitrogens with zero attached hydrogens (tertiary/aromatic N) is 2. The zero-order valence-corrected chi connectivity index (χ0v) is 13.6. The van der Waals surface area contributed by atoms with Crippen LogP contribution in [0.5, 0.6) is 0 Å². The first kappa shape index (κ1) is 16.0. The summed E-state index contributed by atoms with van der Waals surface area (Å²) in [6.45, 7) is 3.81. The lowest BCUT2D eigenvalue weighted by atomic mass is 10.1. The van der Waals surface area contributed by atoms with E-state index in [2.05, 4.69) is 10.2 Å². The number of anilines is 2. The normalized spacial score (nSPS) is 15.7. The number of rotatable bonds is 5. The second-order valence-electron chi connectivity index (χ2n) is 5.38. The third-order valence-electron chi connectivity index (χ3n) is 3.56. The van der Waals surface area contributed by atoms with Gasteiger partial charge >= 0.3 is 0 Å². The number of thioether (sulfide) groups is 1. The van der Waals surface area contributed by atoms with Crippen LogP contribution >= 0.6 is 11.8 Å². The van der Waals surface area contributed by atoms with Crippen LogP contribution in [-0.2, 0) is 0 Å². The highest BCUT2D eigenvalue weighted by Gasteiger charge is 2.14. The van der Waals surface area contributed by atoms with Gasteiger partial charge in [-0.05, 0) is 18.2 Å². The fourth-order valence-electron chi connectivity index (χ4n) is 2.37. The summed E-state index contributed by atoms with van der Waals surface area (Å²) in [7, 11) is 3.85. The van der Waals surface area contributed by atoms with Crippen LogP contribution in [0.3, 0.4) is 0 Å². The number of hydrogen-bond donors (Lipinski definition) is 2. The highest BCUT2D eigenvalue weighted by Crippen LogP contribution is 2.21. The van der Waals surface area contributed by atoms with Crippen LogP contribution in [0.25, 0.3) is 0 Å². The topological polar surface area (TPSA) is 61.6 Å². The molecule has 1 amide bonds. The Morgan fingerprint density at radius 2 is 2.10 bits per heavy atom. The van der Waals surface area contributed by atoms with Gasteiger partial charge < -0.3 is 16.0 Å². The van der Waals surface area contributed by atoms with E-state index in [1.807, 2.05) is 42.9 Å². The molecule has 1 aliphatic rings. The van der Waals surface area contributed by atoms with Crippen LogP contribution in [-0.4, -0.2) is 62.6 Å². The average molecular weight is 308 g/mol. The summed E-state index contributed by atoms with van der Waals surface area (Å²) in [4.78, 5) is 16.7. The average Bonchev–Trinajstić information content (AvgIpc) is 2.47. The van der Waals surface area contributed by atoms with Gasteiger partial charge in [0, 0.05) is 63.2 Å². The van der Waals surface area contributed by atoms with Crippen LogP contribution < -0.4 is 16.0 Å². The second-order valence-corrected chi connectivity index (χ2v) is 6.61. The molecule has 0 unspecified atom stereocenters. The van der Waals surface area contributed by atoms with E-state index in [9.17, 15) is 4.79 Å². The Morgan fingerprint density at radius 3 is 2.76 bits per heavy atom. The van der Waals surface area contributed by atoms with Crippen LogP contribution in [0.2, 0.25) is 0 Å². The van der Waals surface area contributed by atoms with Gasteiger partial charge in [-0.25, -0.2) is 0 Å². The van der Waals surface area contributed by atoms with Crippen LogP contribution in [0.1, 0.15) is 10.4 Å². The Labute approximate surface area is 130 Å². The zero-order valence-electron chi connectivity index (χ0n) is 12.8. The summed E-state index contributed by atoms with van der Waals surface area (Å²) in [5.41, 5.74) is 7.93. The lowest BCUT2D eigenvalue weighted by Crippen LogP contribution is -2.39. The van der Waals surface area contributed by atoms with E-state index in [4.69, 9.17) is 5.73 Å². The third kappa shape index (κ3) is 4.54. The predicted octanol–water partition coefficient (Wildman–Crippen LogP) is 1.11. The minimum Gasteiger partial charge on any atom is -0.399 e. The molecule has 0 saturated carbocycles. The molecule has 0 radical (unpaired) electrons. The predicted molar refractivity (Wildman–Crippen MR) is 91.3 cm³/mol. The van der Waals surface area contributed by atoms with E-state index < -0.39 is 0 Å². The van der Waals surface area contributed by atoms with E-state index in [1.165, 1.54) is 11.5 Å². The van der Waals surface area contributed by atoms with Crippen molar-refractivity contribution in [3.63, 3.8) is 0 Å². The van der Waals surface area contributed by atoms with Crippen molar-refractivity contribution in [1.29, 1.82) is 0 Å². The number of amides is 1. The lowest BCUT2D eigenvalue weighted by molar-refractivity contribution is 0.0949. The molecule has 0 aliphatic carbocycles. The summed E-state index contributed by atoms with van der Waals surface area (Å²) in [6, 6.07) is 5.44. The van der Waals surface area contributed by atoms with Gasteiger partial charge in [0.25, 0.3) is 5.91 Å². The molecule has 1 saturated heterocycles. The maximum Gasteiger partial charge on any atom is 0.253 e. The van der Waals surface area contributed by atoms with Crippen molar-refractivity contribution in [2.45, 2.75) is 0 Å². The van der Waals surface area contributed by atoms with Crippen molar-refractivity contribution in [2.75, 3.05) is 62.4 Å². The minimum atomic E-state index is -0.0580. The molecule has 21 heavy (non-hydrogen) atoms. The smallest absolute Gasteiger partial charge is 0.253 e. The molecule has 1 aromatic rings. The molecule has 2 rings (SSSR count). The molecule has 0 aromatic heterocycles. The maximum atomic E-state index is 12.3. The lowest BCUT2D eigenvalue weighted by Gasteiger charge is -2.26. The number of benzene rings is 1. The summed E-state index contributed by atoms with van der Waals surface area (Å²) in [5, 5.41) is 3.00. The Hall–Kier alpha value is -1.40. The van der Waals surface area contributed by atoms with Gasteiger partial charge in [-0.2, -0.15) is 11.8 Å². The third-order valence-corrected chi connectivity index (χ3v) is 4.51. The summed E-state index contributed by atoms with van der Waals surface area (Å²) >= 11 is 1.99. The highest BCUT2D eigenvalue weighted by atomic mass is 32.2. The van der Waals surface area contributed by atoms with Crippen molar-refractivity contribution in [1.82, 2.24) is 10.2 Å². The molecule has 0 spiro atoms. The largest absolute Gasteiger partial charge is 0.399 e. The molecule has 6 heteroatoms. The standard InChI is InChI=1S/C15H24N4OS/c1-18(2)14-4-3-12(16)11-13(14)15(20)17-5-6-19-7-9-21-10-8-19/h3-4,11H,5-10,16H2,1-2H3,(H,17,20). The fraction of sp³-hybridized carbons (Fsp3) is 0.533. The Kier molecular flexibility index (Phi) is 5.76. The first-order valence-electron chi connectivity index (χ1n) is 7.23. The molecular formula is C15H24N4OS. The Bertz CT molecular complexity index is 487.